The van der Waals surface area contributed by atoms with Gasteiger partial charge in [0.05, 0.1) is 20.6 Å². The van der Waals surface area contributed by atoms with E-state index in [1.165, 1.54) is 7.11 Å². The van der Waals surface area contributed by atoms with Crippen LogP contribution in [0.25, 0.3) is 22.7 Å². The maximum atomic E-state index is 12.7. The van der Waals surface area contributed by atoms with E-state index in [4.69, 9.17) is 13.9 Å². The quantitative estimate of drug-likeness (QED) is 0.475. The molecule has 7 heteroatoms. The molecule has 0 bridgehead atoms. The number of nitrogens with zero attached hydrogens (tertiary/aromatic N) is 3. The highest BCUT2D eigenvalue weighted by molar-refractivity contribution is 5.98. The van der Waals surface area contributed by atoms with Crippen molar-refractivity contribution in [1.82, 2.24) is 15.0 Å². The first-order valence-electron chi connectivity index (χ1n) is 8.60. The highest BCUT2D eigenvalue weighted by Crippen LogP contribution is 2.28. The average Bonchev–Trinajstić information content (AvgIpc) is 3.17. The van der Waals surface area contributed by atoms with Gasteiger partial charge in [-0.1, -0.05) is 0 Å². The Bertz CT molecular complexity index is 1120. The Morgan fingerprint density at radius 1 is 1.00 bits per heavy atom. The van der Waals surface area contributed by atoms with Crippen molar-refractivity contribution in [3.8, 4) is 23.0 Å². The van der Waals surface area contributed by atoms with Crippen LogP contribution < -0.4 is 9.47 Å². The molecule has 0 saturated heterocycles. The van der Waals surface area contributed by atoms with Crippen LogP contribution >= 0.6 is 0 Å². The number of carbonyl (C=O) groups is 1. The number of Topliss-reactive ketones (excluding diaryl/α,β-unsaturated/α-hetero) is 1. The normalized spacial score (nSPS) is 10.8. The van der Waals surface area contributed by atoms with Gasteiger partial charge in [0.15, 0.2) is 28.5 Å². The van der Waals surface area contributed by atoms with Crippen LogP contribution in [0.5, 0.6) is 11.5 Å². The van der Waals surface area contributed by atoms with Crippen LogP contribution in [0.4, 0.5) is 0 Å². The van der Waals surface area contributed by atoms with E-state index in [1.807, 2.05) is 6.07 Å². The summed E-state index contributed by atoms with van der Waals surface area (Å²) >= 11 is 0. The topological polar surface area (TPSA) is 87.3 Å². The number of carbonyl (C=O) groups excluding carboxylic acids is 1. The van der Waals surface area contributed by atoms with Crippen LogP contribution in [-0.2, 0) is 6.42 Å². The summed E-state index contributed by atoms with van der Waals surface area (Å²) in [6.45, 7) is 0. The Labute approximate surface area is 161 Å². The largest absolute Gasteiger partial charge is 0.493 e. The van der Waals surface area contributed by atoms with E-state index < -0.39 is 0 Å². The van der Waals surface area contributed by atoms with E-state index in [1.54, 1.807) is 55.9 Å². The van der Waals surface area contributed by atoms with Crippen LogP contribution in [0.2, 0.25) is 0 Å². The number of rotatable bonds is 6. The fourth-order valence-electron chi connectivity index (χ4n) is 2.88. The molecule has 3 aromatic heterocycles. The lowest BCUT2D eigenvalue weighted by molar-refractivity contribution is 0.0991. The van der Waals surface area contributed by atoms with E-state index in [-0.39, 0.29) is 12.2 Å². The third-order valence-electron chi connectivity index (χ3n) is 4.28. The zero-order valence-electron chi connectivity index (χ0n) is 15.4. The van der Waals surface area contributed by atoms with Gasteiger partial charge in [-0.25, -0.2) is 4.98 Å². The molecule has 0 saturated carbocycles. The minimum atomic E-state index is -0.0789. The molecule has 4 aromatic rings. The predicted octanol–water partition coefficient (Wildman–Crippen LogP) is 3.73. The number of hydrogen-bond donors (Lipinski definition) is 0. The third kappa shape index (κ3) is 3.42. The van der Waals surface area contributed by atoms with Crippen molar-refractivity contribution in [3.05, 3.63) is 66.1 Å². The second kappa shape index (κ2) is 7.48. The van der Waals surface area contributed by atoms with Gasteiger partial charge in [-0.2, -0.15) is 4.98 Å². The summed E-state index contributed by atoms with van der Waals surface area (Å²) in [7, 11) is 3.09. The summed E-state index contributed by atoms with van der Waals surface area (Å²) in [6.07, 6.45) is 3.44. The molecule has 7 nitrogen and oxygen atoms in total. The van der Waals surface area contributed by atoms with Gasteiger partial charge in [0.2, 0.25) is 5.89 Å². The van der Waals surface area contributed by atoms with Gasteiger partial charge in [0.25, 0.3) is 0 Å². The van der Waals surface area contributed by atoms with Gasteiger partial charge in [-0.15, -0.1) is 0 Å². The van der Waals surface area contributed by atoms with Crippen LogP contribution in [0.15, 0.2) is 59.3 Å². The van der Waals surface area contributed by atoms with Crippen molar-refractivity contribution < 1.29 is 18.7 Å². The summed E-state index contributed by atoms with van der Waals surface area (Å²) in [4.78, 5) is 25.5. The van der Waals surface area contributed by atoms with Crippen molar-refractivity contribution in [2.45, 2.75) is 6.42 Å². The standard InChI is InChI=1S/C21H17N3O4/c1-26-17-6-5-13(11-19(17)27-2)16(25)12-15-10-14(7-9-22-15)21-24-20-18(28-21)4-3-8-23-20/h3-11H,12H2,1-2H3. The molecule has 0 radical (unpaired) electrons. The molecule has 0 amide bonds. The van der Waals surface area contributed by atoms with E-state index >= 15 is 0 Å². The van der Waals surface area contributed by atoms with Crippen molar-refractivity contribution in [2.24, 2.45) is 0 Å². The number of methoxy groups -OCH3 is 2. The summed E-state index contributed by atoms with van der Waals surface area (Å²) in [5.41, 5.74) is 3.03. The summed E-state index contributed by atoms with van der Waals surface area (Å²) in [5, 5.41) is 0. The molecular formula is C21H17N3O4. The highest BCUT2D eigenvalue weighted by atomic mass is 16.5. The van der Waals surface area contributed by atoms with Gasteiger partial charge in [0, 0.05) is 29.2 Å². The Balaban J connectivity index is 1.59. The molecule has 0 atom stereocenters. The van der Waals surface area contributed by atoms with Crippen LogP contribution in [0.1, 0.15) is 16.1 Å². The number of oxazole rings is 1. The monoisotopic (exact) mass is 375 g/mol. The zero-order valence-corrected chi connectivity index (χ0v) is 15.4. The van der Waals surface area contributed by atoms with E-state index in [0.717, 1.165) is 5.56 Å². The maximum Gasteiger partial charge on any atom is 0.229 e. The van der Waals surface area contributed by atoms with Crippen molar-refractivity contribution in [3.63, 3.8) is 0 Å². The zero-order chi connectivity index (χ0) is 19.5. The minimum Gasteiger partial charge on any atom is -0.493 e. The first-order chi connectivity index (χ1) is 13.7. The van der Waals surface area contributed by atoms with E-state index in [9.17, 15) is 4.79 Å². The van der Waals surface area contributed by atoms with Gasteiger partial charge < -0.3 is 13.9 Å². The fourth-order valence-corrected chi connectivity index (χ4v) is 2.88. The van der Waals surface area contributed by atoms with Crippen molar-refractivity contribution >= 4 is 17.0 Å². The Morgan fingerprint density at radius 3 is 2.64 bits per heavy atom. The molecule has 0 fully saturated rings. The second-order valence-corrected chi connectivity index (χ2v) is 6.05. The second-order valence-electron chi connectivity index (χ2n) is 6.05. The molecule has 1 aromatic carbocycles. The number of aromatic nitrogens is 3. The highest BCUT2D eigenvalue weighted by Gasteiger charge is 2.14. The number of hydrogen-bond acceptors (Lipinski definition) is 7. The molecule has 140 valence electrons. The Kier molecular flexibility index (Phi) is 4.72. The first kappa shape index (κ1) is 17.7. The SMILES string of the molecule is COc1ccc(C(=O)Cc2cc(-c3nc4ncccc4o3)ccn2)cc1OC. The van der Waals surface area contributed by atoms with Crippen molar-refractivity contribution in [2.75, 3.05) is 14.2 Å². The molecule has 0 aliphatic carbocycles. The minimum absolute atomic E-state index is 0.0789. The molecular weight excluding hydrogens is 358 g/mol. The Hall–Kier alpha value is -3.74. The van der Waals surface area contributed by atoms with Crippen molar-refractivity contribution in [1.29, 1.82) is 0 Å². The molecule has 0 N–H and O–H groups in total. The maximum absolute atomic E-state index is 12.7. The number of benzene rings is 1. The molecule has 4 rings (SSSR count). The van der Waals surface area contributed by atoms with E-state index in [2.05, 4.69) is 15.0 Å². The molecule has 0 unspecified atom stereocenters. The first-order valence-corrected chi connectivity index (χ1v) is 8.60. The average molecular weight is 375 g/mol. The lowest BCUT2D eigenvalue weighted by atomic mass is 10.0. The van der Waals surface area contributed by atoms with Crippen LogP contribution in [-0.4, -0.2) is 35.0 Å². The molecule has 28 heavy (non-hydrogen) atoms. The number of fused-ring (bicyclic) bond motifs is 1. The molecule has 0 aliphatic heterocycles. The van der Waals surface area contributed by atoms with Crippen LogP contribution in [0.3, 0.4) is 0 Å². The molecule has 3 heterocycles. The summed E-state index contributed by atoms with van der Waals surface area (Å²) in [6, 6.07) is 12.3. The lowest BCUT2D eigenvalue weighted by Crippen LogP contribution is -2.06. The van der Waals surface area contributed by atoms with E-state index in [0.29, 0.717) is 39.9 Å². The predicted molar refractivity (Wildman–Crippen MR) is 103 cm³/mol. The number of ether oxygens (including phenoxy) is 2. The summed E-state index contributed by atoms with van der Waals surface area (Å²) < 4.78 is 16.2. The number of ketones is 1. The van der Waals surface area contributed by atoms with Gasteiger partial charge in [-0.05, 0) is 42.5 Å². The van der Waals surface area contributed by atoms with Crippen LogP contribution in [0, 0.1) is 0 Å². The fraction of sp³-hybridized carbons (Fsp3) is 0.143. The lowest BCUT2D eigenvalue weighted by Gasteiger charge is -2.09. The van der Waals surface area contributed by atoms with Gasteiger partial charge >= 0.3 is 0 Å². The van der Waals surface area contributed by atoms with Gasteiger partial charge in [0.1, 0.15) is 0 Å². The Morgan fingerprint density at radius 2 is 1.86 bits per heavy atom. The summed E-state index contributed by atoms with van der Waals surface area (Å²) in [5.74, 6) is 1.44. The molecule has 0 aliphatic rings. The molecule has 0 spiro atoms. The third-order valence-corrected chi connectivity index (χ3v) is 4.28. The number of pyridine rings is 2. The smallest absolute Gasteiger partial charge is 0.229 e. The van der Waals surface area contributed by atoms with Gasteiger partial charge in [-0.3, -0.25) is 9.78 Å².